The predicted octanol–water partition coefficient (Wildman–Crippen LogP) is 2.57. The van der Waals surface area contributed by atoms with E-state index in [1.807, 2.05) is 30.8 Å². The van der Waals surface area contributed by atoms with Crippen molar-refractivity contribution in [1.29, 1.82) is 0 Å². The van der Waals surface area contributed by atoms with Crippen LogP contribution in [0.2, 0.25) is 0 Å². The highest BCUT2D eigenvalue weighted by molar-refractivity contribution is 7.99. The summed E-state index contributed by atoms with van der Waals surface area (Å²) in [5.74, 6) is 2.91. The predicted molar refractivity (Wildman–Crippen MR) is 99.4 cm³/mol. The summed E-state index contributed by atoms with van der Waals surface area (Å²) < 4.78 is 13.3. The third kappa shape index (κ3) is 3.44. The number of hydrogen-bond donors (Lipinski definition) is 0. The van der Waals surface area contributed by atoms with Crippen LogP contribution in [-0.2, 0) is 6.54 Å². The minimum atomic E-state index is -0.597. The maximum Gasteiger partial charge on any atom is 0.415 e. The molecular formula is C17H20N4O4S. The van der Waals surface area contributed by atoms with Gasteiger partial charge in [0.2, 0.25) is 0 Å². The van der Waals surface area contributed by atoms with Crippen LogP contribution in [0.1, 0.15) is 6.92 Å². The van der Waals surface area contributed by atoms with Crippen LogP contribution in [0.5, 0.6) is 11.8 Å². The van der Waals surface area contributed by atoms with Crippen LogP contribution in [-0.4, -0.2) is 51.3 Å². The van der Waals surface area contributed by atoms with E-state index in [4.69, 9.17) is 9.47 Å². The number of imidazole rings is 1. The van der Waals surface area contributed by atoms with Crippen molar-refractivity contribution in [3.8, 4) is 11.8 Å². The summed E-state index contributed by atoms with van der Waals surface area (Å²) in [6.45, 7) is 4.87. The number of aromatic nitrogens is 2. The lowest BCUT2D eigenvalue weighted by Crippen LogP contribution is -2.38. The van der Waals surface area contributed by atoms with Crippen LogP contribution in [0.15, 0.2) is 30.5 Å². The Kier molecular flexibility index (Phi) is 4.39. The van der Waals surface area contributed by atoms with Gasteiger partial charge in [-0.1, -0.05) is 0 Å². The molecule has 1 atom stereocenters. The van der Waals surface area contributed by atoms with Gasteiger partial charge in [0.1, 0.15) is 18.6 Å². The lowest BCUT2D eigenvalue weighted by molar-refractivity contribution is -0.389. The standard InChI is InChI=1S/C17H20N4O4S/c1-17(11-20-10-15(21(22)23)18-16(20)25-17)12-24-14-4-2-13(3-5-14)19-6-8-26-9-7-19/h2-5,10H,6-9,11-12H2,1H3/t17-/m1/s1. The molecule has 26 heavy (non-hydrogen) atoms. The van der Waals surface area contributed by atoms with Crippen LogP contribution in [0, 0.1) is 10.1 Å². The lowest BCUT2D eigenvalue weighted by atomic mass is 10.1. The summed E-state index contributed by atoms with van der Waals surface area (Å²) in [6, 6.07) is 8.37. The summed E-state index contributed by atoms with van der Waals surface area (Å²) in [6.07, 6.45) is 1.40. The Balaban J connectivity index is 1.35. The fraction of sp³-hybridized carbons (Fsp3) is 0.471. The molecule has 2 aliphatic heterocycles. The molecule has 0 amide bonds. The van der Waals surface area contributed by atoms with Gasteiger partial charge in [0.25, 0.3) is 0 Å². The zero-order chi connectivity index (χ0) is 18.1. The second kappa shape index (κ2) is 6.71. The highest BCUT2D eigenvalue weighted by atomic mass is 32.2. The van der Waals surface area contributed by atoms with Crippen LogP contribution in [0.3, 0.4) is 0 Å². The summed E-state index contributed by atoms with van der Waals surface area (Å²) >= 11 is 1.99. The molecular weight excluding hydrogens is 356 g/mol. The molecule has 3 heterocycles. The largest absolute Gasteiger partial charge is 0.489 e. The molecule has 8 nitrogen and oxygen atoms in total. The Labute approximate surface area is 155 Å². The topological polar surface area (TPSA) is 82.7 Å². The number of anilines is 1. The van der Waals surface area contributed by atoms with Gasteiger partial charge in [0, 0.05) is 35.3 Å². The number of fused-ring (bicyclic) bond motifs is 1. The second-order valence-corrected chi connectivity index (χ2v) is 7.93. The highest BCUT2D eigenvalue weighted by Crippen LogP contribution is 2.31. The first-order chi connectivity index (χ1) is 12.5. The molecule has 0 radical (unpaired) electrons. The van der Waals surface area contributed by atoms with Gasteiger partial charge < -0.3 is 24.5 Å². The summed E-state index contributed by atoms with van der Waals surface area (Å²) in [4.78, 5) is 16.5. The first-order valence-corrected chi connectivity index (χ1v) is 9.64. The molecule has 0 saturated carbocycles. The van der Waals surface area contributed by atoms with Crippen LogP contribution < -0.4 is 14.4 Å². The van der Waals surface area contributed by atoms with Crippen molar-refractivity contribution in [2.75, 3.05) is 36.1 Å². The Morgan fingerprint density at radius 2 is 2.08 bits per heavy atom. The fourth-order valence-corrected chi connectivity index (χ4v) is 4.07. The van der Waals surface area contributed by atoms with Gasteiger partial charge in [-0.05, 0) is 36.1 Å². The molecule has 1 saturated heterocycles. The molecule has 2 aromatic rings. The second-order valence-electron chi connectivity index (χ2n) is 6.70. The average molecular weight is 376 g/mol. The van der Waals surface area contributed by atoms with E-state index in [1.165, 1.54) is 23.4 Å². The maximum atomic E-state index is 10.8. The van der Waals surface area contributed by atoms with Gasteiger partial charge in [-0.3, -0.25) is 4.57 Å². The van der Waals surface area contributed by atoms with Gasteiger partial charge in [-0.15, -0.1) is 0 Å². The lowest BCUT2D eigenvalue weighted by Gasteiger charge is -2.28. The van der Waals surface area contributed by atoms with E-state index in [0.717, 1.165) is 18.8 Å². The van der Waals surface area contributed by atoms with E-state index < -0.39 is 10.5 Å². The molecule has 9 heteroatoms. The monoisotopic (exact) mass is 376 g/mol. The summed E-state index contributed by atoms with van der Waals surface area (Å²) in [5.41, 5.74) is 0.619. The molecule has 0 N–H and O–H groups in total. The van der Waals surface area contributed by atoms with E-state index in [9.17, 15) is 10.1 Å². The molecule has 0 aliphatic carbocycles. The van der Waals surface area contributed by atoms with E-state index in [2.05, 4.69) is 22.0 Å². The zero-order valence-electron chi connectivity index (χ0n) is 14.5. The number of thioether (sulfide) groups is 1. The van der Waals surface area contributed by atoms with Gasteiger partial charge in [0.05, 0.1) is 6.54 Å². The first-order valence-electron chi connectivity index (χ1n) is 8.49. The summed E-state index contributed by atoms with van der Waals surface area (Å²) in [7, 11) is 0. The maximum absolute atomic E-state index is 10.8. The van der Waals surface area contributed by atoms with Gasteiger partial charge in [0.15, 0.2) is 5.60 Å². The Morgan fingerprint density at radius 1 is 1.35 bits per heavy atom. The van der Waals surface area contributed by atoms with Crippen LogP contribution in [0.4, 0.5) is 11.5 Å². The third-order valence-corrected chi connectivity index (χ3v) is 5.46. The minimum absolute atomic E-state index is 0.199. The third-order valence-electron chi connectivity index (χ3n) is 4.51. The van der Waals surface area contributed by atoms with Crippen molar-refractivity contribution in [2.45, 2.75) is 19.1 Å². The Morgan fingerprint density at radius 3 is 2.73 bits per heavy atom. The molecule has 4 rings (SSSR count). The molecule has 0 bridgehead atoms. The number of rotatable bonds is 5. The average Bonchev–Trinajstić information content (AvgIpc) is 3.17. The fourth-order valence-electron chi connectivity index (χ4n) is 3.17. The molecule has 138 valence electrons. The number of nitro groups is 1. The Hall–Kier alpha value is -2.42. The van der Waals surface area contributed by atoms with Gasteiger partial charge in [-0.25, -0.2) is 0 Å². The van der Waals surface area contributed by atoms with E-state index in [0.29, 0.717) is 13.2 Å². The smallest absolute Gasteiger partial charge is 0.415 e. The first kappa shape index (κ1) is 17.0. The van der Waals surface area contributed by atoms with E-state index in [1.54, 1.807) is 4.57 Å². The Bertz CT molecular complexity index is 778. The summed E-state index contributed by atoms with van der Waals surface area (Å²) in [5, 5.41) is 10.8. The van der Waals surface area contributed by atoms with Crippen molar-refractivity contribution in [3.05, 3.63) is 40.6 Å². The van der Waals surface area contributed by atoms with Crippen molar-refractivity contribution in [2.24, 2.45) is 0 Å². The molecule has 1 aromatic heterocycles. The number of nitrogens with zero attached hydrogens (tertiary/aromatic N) is 4. The molecule has 1 aromatic carbocycles. The van der Waals surface area contributed by atoms with Crippen LogP contribution in [0.25, 0.3) is 0 Å². The number of ether oxygens (including phenoxy) is 2. The van der Waals surface area contributed by atoms with Crippen LogP contribution >= 0.6 is 11.8 Å². The van der Waals surface area contributed by atoms with Crippen molar-refractivity contribution < 1.29 is 14.4 Å². The minimum Gasteiger partial charge on any atom is -0.489 e. The molecule has 0 unspecified atom stereocenters. The molecule has 0 spiro atoms. The van der Waals surface area contributed by atoms with Gasteiger partial charge in [-0.2, -0.15) is 11.8 Å². The normalized spacial score (nSPS) is 22.0. The zero-order valence-corrected chi connectivity index (χ0v) is 15.3. The quantitative estimate of drug-likeness (QED) is 0.586. The molecule has 2 aliphatic rings. The van der Waals surface area contributed by atoms with E-state index in [-0.39, 0.29) is 11.8 Å². The SMILES string of the molecule is C[C@]1(COc2ccc(N3CCSCC3)cc2)Cn2cc([N+](=O)[O-])nc2O1. The molecule has 1 fully saturated rings. The van der Waals surface area contributed by atoms with E-state index >= 15 is 0 Å². The van der Waals surface area contributed by atoms with Crippen molar-refractivity contribution in [1.82, 2.24) is 9.55 Å². The van der Waals surface area contributed by atoms with Gasteiger partial charge >= 0.3 is 11.8 Å². The van der Waals surface area contributed by atoms with Crippen molar-refractivity contribution >= 4 is 23.3 Å². The van der Waals surface area contributed by atoms with Crippen molar-refractivity contribution in [3.63, 3.8) is 0 Å². The number of benzene rings is 1. The number of hydrogen-bond acceptors (Lipinski definition) is 7. The highest BCUT2D eigenvalue weighted by Gasteiger charge is 2.41.